The van der Waals surface area contributed by atoms with Crippen molar-refractivity contribution in [3.63, 3.8) is 0 Å². The normalized spacial score (nSPS) is 14.1. The average Bonchev–Trinajstić information content (AvgIpc) is 2.98. The fourth-order valence-electron chi connectivity index (χ4n) is 3.17. The molecular weight excluding hydrogens is 304 g/mol. The molecule has 0 saturated carbocycles. The first-order chi connectivity index (χ1) is 11.6. The molecule has 1 aliphatic rings. The number of urea groups is 1. The third-order valence-electron chi connectivity index (χ3n) is 4.37. The summed E-state index contributed by atoms with van der Waals surface area (Å²) in [6.45, 7) is 2.53. The molecule has 0 bridgehead atoms. The maximum absolute atomic E-state index is 12.7. The van der Waals surface area contributed by atoms with E-state index in [0.29, 0.717) is 6.54 Å². The van der Waals surface area contributed by atoms with Gasteiger partial charge in [-0.1, -0.05) is 42.5 Å². The van der Waals surface area contributed by atoms with Crippen LogP contribution in [0.1, 0.15) is 29.2 Å². The van der Waals surface area contributed by atoms with E-state index in [4.69, 9.17) is 0 Å². The summed E-state index contributed by atoms with van der Waals surface area (Å²) in [5.74, 6) is -0.939. The Hall–Kier alpha value is -2.82. The van der Waals surface area contributed by atoms with Crippen molar-refractivity contribution in [2.45, 2.75) is 25.8 Å². The topological polar surface area (TPSA) is 69.6 Å². The molecule has 0 aromatic heterocycles. The van der Waals surface area contributed by atoms with Gasteiger partial charge in [0, 0.05) is 12.2 Å². The Balaban J connectivity index is 1.82. The van der Waals surface area contributed by atoms with Gasteiger partial charge in [0.2, 0.25) is 0 Å². The molecule has 1 atom stereocenters. The molecule has 2 aromatic rings. The Morgan fingerprint density at radius 1 is 1.17 bits per heavy atom. The number of hydrogen-bond acceptors (Lipinski definition) is 2. The van der Waals surface area contributed by atoms with Crippen LogP contribution >= 0.6 is 0 Å². The Bertz CT molecular complexity index is 773. The standard InChI is InChI=1S/C19H20N2O3/c1-13-6-2-4-8-15(13)16(12-18(22)23)20-19(24)21-11-10-14-7-3-5-9-17(14)21/h2-9,16H,10-12H2,1H3,(H,20,24)(H,22,23). The number of nitrogens with zero attached hydrogens (tertiary/aromatic N) is 1. The number of carboxylic acid groups (broad SMARTS) is 1. The van der Waals surface area contributed by atoms with Crippen molar-refractivity contribution in [1.29, 1.82) is 0 Å². The Kier molecular flexibility index (Phi) is 4.51. The monoisotopic (exact) mass is 324 g/mol. The average molecular weight is 324 g/mol. The third kappa shape index (κ3) is 3.25. The quantitative estimate of drug-likeness (QED) is 0.907. The summed E-state index contributed by atoms with van der Waals surface area (Å²) in [6, 6.07) is 14.5. The number of carbonyl (C=O) groups is 2. The van der Waals surface area contributed by atoms with E-state index in [0.717, 1.165) is 28.8 Å². The lowest BCUT2D eigenvalue weighted by molar-refractivity contribution is -0.137. The highest BCUT2D eigenvalue weighted by atomic mass is 16.4. The predicted molar refractivity (Wildman–Crippen MR) is 92.2 cm³/mol. The van der Waals surface area contributed by atoms with Gasteiger partial charge in [-0.2, -0.15) is 0 Å². The van der Waals surface area contributed by atoms with E-state index in [-0.39, 0.29) is 12.5 Å². The van der Waals surface area contributed by atoms with Crippen LogP contribution in [0.3, 0.4) is 0 Å². The third-order valence-corrected chi connectivity index (χ3v) is 4.37. The van der Waals surface area contributed by atoms with Crippen molar-refractivity contribution >= 4 is 17.7 Å². The van der Waals surface area contributed by atoms with Crippen LogP contribution in [0.5, 0.6) is 0 Å². The molecule has 2 N–H and O–H groups in total. The lowest BCUT2D eigenvalue weighted by atomic mass is 9.99. The Morgan fingerprint density at radius 3 is 2.62 bits per heavy atom. The summed E-state index contributed by atoms with van der Waals surface area (Å²) in [4.78, 5) is 25.6. The minimum Gasteiger partial charge on any atom is -0.481 e. The predicted octanol–water partition coefficient (Wildman–Crippen LogP) is 3.28. The van der Waals surface area contributed by atoms with Crippen molar-refractivity contribution in [1.82, 2.24) is 5.32 Å². The molecule has 2 amide bonds. The van der Waals surface area contributed by atoms with Crippen LogP contribution in [0.15, 0.2) is 48.5 Å². The van der Waals surface area contributed by atoms with Crippen molar-refractivity contribution in [3.05, 3.63) is 65.2 Å². The molecule has 0 radical (unpaired) electrons. The molecule has 124 valence electrons. The highest BCUT2D eigenvalue weighted by molar-refractivity contribution is 5.94. The zero-order chi connectivity index (χ0) is 17.1. The zero-order valence-electron chi connectivity index (χ0n) is 13.5. The van der Waals surface area contributed by atoms with E-state index in [9.17, 15) is 14.7 Å². The van der Waals surface area contributed by atoms with Crippen molar-refractivity contribution in [2.24, 2.45) is 0 Å². The fourth-order valence-corrected chi connectivity index (χ4v) is 3.17. The van der Waals surface area contributed by atoms with Gasteiger partial charge in [-0.05, 0) is 36.1 Å². The first-order valence-corrected chi connectivity index (χ1v) is 7.99. The number of fused-ring (bicyclic) bond motifs is 1. The lowest BCUT2D eigenvalue weighted by Crippen LogP contribution is -2.41. The van der Waals surface area contributed by atoms with Gasteiger partial charge in [-0.3, -0.25) is 9.69 Å². The van der Waals surface area contributed by atoms with E-state index in [1.807, 2.05) is 55.5 Å². The maximum Gasteiger partial charge on any atom is 0.322 e. The molecule has 3 rings (SSSR count). The second-order valence-electron chi connectivity index (χ2n) is 5.99. The highest BCUT2D eigenvalue weighted by Gasteiger charge is 2.27. The largest absolute Gasteiger partial charge is 0.481 e. The molecule has 24 heavy (non-hydrogen) atoms. The molecule has 1 aliphatic heterocycles. The zero-order valence-corrected chi connectivity index (χ0v) is 13.5. The van der Waals surface area contributed by atoms with Gasteiger partial charge in [0.05, 0.1) is 12.5 Å². The SMILES string of the molecule is Cc1ccccc1C(CC(=O)O)NC(=O)N1CCc2ccccc21. The molecule has 0 spiro atoms. The number of nitrogens with one attached hydrogen (secondary N) is 1. The summed E-state index contributed by atoms with van der Waals surface area (Å²) in [7, 11) is 0. The number of amides is 2. The van der Waals surface area contributed by atoms with E-state index >= 15 is 0 Å². The highest BCUT2D eigenvalue weighted by Crippen LogP contribution is 2.28. The molecule has 1 heterocycles. The van der Waals surface area contributed by atoms with Gasteiger partial charge in [0.1, 0.15) is 0 Å². The number of aliphatic carboxylic acids is 1. The minimum atomic E-state index is -0.939. The molecule has 5 heteroatoms. The number of anilines is 1. The van der Waals surface area contributed by atoms with Crippen LogP contribution in [0.2, 0.25) is 0 Å². The van der Waals surface area contributed by atoms with Crippen molar-refractivity contribution in [3.8, 4) is 0 Å². The molecule has 0 saturated heterocycles. The summed E-state index contributed by atoms with van der Waals surface area (Å²) in [5, 5.41) is 12.1. The first-order valence-electron chi connectivity index (χ1n) is 7.99. The Morgan fingerprint density at radius 2 is 1.88 bits per heavy atom. The number of carbonyl (C=O) groups excluding carboxylic acids is 1. The van der Waals surface area contributed by atoms with Crippen LogP contribution in [-0.4, -0.2) is 23.7 Å². The van der Waals surface area contributed by atoms with Gasteiger partial charge < -0.3 is 10.4 Å². The van der Waals surface area contributed by atoms with Crippen LogP contribution < -0.4 is 10.2 Å². The second kappa shape index (κ2) is 6.74. The summed E-state index contributed by atoms with van der Waals surface area (Å²) >= 11 is 0. The van der Waals surface area contributed by atoms with Gasteiger partial charge >= 0.3 is 12.0 Å². The molecule has 0 fully saturated rings. The molecule has 1 unspecified atom stereocenters. The van der Waals surface area contributed by atoms with Crippen LogP contribution in [0, 0.1) is 6.92 Å². The lowest BCUT2D eigenvalue weighted by Gasteiger charge is -2.24. The van der Waals surface area contributed by atoms with Crippen molar-refractivity contribution in [2.75, 3.05) is 11.4 Å². The molecular formula is C19H20N2O3. The van der Waals surface area contributed by atoms with E-state index in [1.54, 1.807) is 4.90 Å². The molecule has 2 aromatic carbocycles. The number of hydrogen-bond donors (Lipinski definition) is 2. The fraction of sp³-hybridized carbons (Fsp3) is 0.263. The molecule has 0 aliphatic carbocycles. The Labute approximate surface area is 140 Å². The van der Waals surface area contributed by atoms with Crippen molar-refractivity contribution < 1.29 is 14.7 Å². The van der Waals surface area contributed by atoms with Gasteiger partial charge in [0.15, 0.2) is 0 Å². The number of benzene rings is 2. The summed E-state index contributed by atoms with van der Waals surface area (Å²) in [6.07, 6.45) is 0.670. The minimum absolute atomic E-state index is 0.147. The van der Waals surface area contributed by atoms with Gasteiger partial charge in [-0.15, -0.1) is 0 Å². The number of para-hydroxylation sites is 1. The van der Waals surface area contributed by atoms with E-state index < -0.39 is 12.0 Å². The van der Waals surface area contributed by atoms with Gasteiger partial charge in [0.25, 0.3) is 0 Å². The summed E-state index contributed by atoms with van der Waals surface area (Å²) in [5.41, 5.74) is 3.83. The van der Waals surface area contributed by atoms with Crippen LogP contribution in [-0.2, 0) is 11.2 Å². The number of rotatable bonds is 4. The van der Waals surface area contributed by atoms with Gasteiger partial charge in [-0.25, -0.2) is 4.79 Å². The molecule has 5 nitrogen and oxygen atoms in total. The summed E-state index contributed by atoms with van der Waals surface area (Å²) < 4.78 is 0. The number of aryl methyl sites for hydroxylation is 1. The van der Waals surface area contributed by atoms with Crippen LogP contribution in [0.4, 0.5) is 10.5 Å². The smallest absolute Gasteiger partial charge is 0.322 e. The number of carboxylic acids is 1. The first kappa shape index (κ1) is 16.1. The second-order valence-corrected chi connectivity index (χ2v) is 5.99. The van der Waals surface area contributed by atoms with Crippen LogP contribution in [0.25, 0.3) is 0 Å². The van der Waals surface area contributed by atoms with E-state index in [2.05, 4.69) is 5.32 Å². The maximum atomic E-state index is 12.7. The van der Waals surface area contributed by atoms with E-state index in [1.165, 1.54) is 0 Å².